The molecule has 0 aliphatic heterocycles. The minimum absolute atomic E-state index is 0.0404. The van der Waals surface area contributed by atoms with Gasteiger partial charge in [0.25, 0.3) is 0 Å². The van der Waals surface area contributed by atoms with Gasteiger partial charge in [-0.05, 0) is 51.4 Å². The highest BCUT2D eigenvalue weighted by atomic mass is 31.2. The van der Waals surface area contributed by atoms with Crippen molar-refractivity contribution in [3.05, 3.63) is 48.6 Å². The van der Waals surface area contributed by atoms with Crippen molar-refractivity contribution in [2.24, 2.45) is 5.73 Å². The maximum Gasteiger partial charge on any atom is 0.472 e. The fourth-order valence-electron chi connectivity index (χ4n) is 5.64. The molecule has 53 heavy (non-hydrogen) atoms. The number of hydrogen-bond donors (Lipinski definition) is 2. The van der Waals surface area contributed by atoms with E-state index in [-0.39, 0.29) is 26.2 Å². The van der Waals surface area contributed by atoms with Gasteiger partial charge in [-0.1, -0.05) is 166 Å². The lowest BCUT2D eigenvalue weighted by atomic mass is 10.1. The smallest absolute Gasteiger partial charge is 0.458 e. The van der Waals surface area contributed by atoms with Crippen molar-refractivity contribution in [2.45, 2.75) is 187 Å². The topological polar surface area (TPSA) is 134 Å². The molecule has 3 N–H and O–H groups in total. The number of carbonyl (C=O) groups is 2. The minimum Gasteiger partial charge on any atom is -0.458 e. The fourth-order valence-corrected chi connectivity index (χ4v) is 6.40. The van der Waals surface area contributed by atoms with Crippen LogP contribution in [0.4, 0.5) is 0 Å². The molecule has 0 amide bonds. The Morgan fingerprint density at radius 3 is 1.68 bits per heavy atom. The third kappa shape index (κ3) is 39.5. The molecular weight excluding hydrogens is 689 g/mol. The van der Waals surface area contributed by atoms with Crippen LogP contribution in [0.1, 0.15) is 181 Å². The van der Waals surface area contributed by atoms with Gasteiger partial charge in [0.05, 0.1) is 13.2 Å². The molecule has 10 heteroatoms. The molecule has 2 atom stereocenters. The first-order valence-corrected chi connectivity index (χ1v) is 22.7. The Kier molecular flexibility index (Phi) is 38.1. The molecule has 0 saturated heterocycles. The molecule has 308 valence electrons. The second-order valence-electron chi connectivity index (χ2n) is 13.9. The number of allylic oxidation sites excluding steroid dienone is 7. The highest BCUT2D eigenvalue weighted by Gasteiger charge is 2.25. The largest absolute Gasteiger partial charge is 0.472 e. The molecule has 0 aromatic carbocycles. The van der Waals surface area contributed by atoms with Crippen LogP contribution in [0.15, 0.2) is 48.6 Å². The number of esters is 2. The minimum atomic E-state index is -4.40. The molecular formula is C43H78NO8P. The van der Waals surface area contributed by atoms with E-state index in [0.29, 0.717) is 6.42 Å². The van der Waals surface area contributed by atoms with E-state index in [1.165, 1.54) is 115 Å². The summed E-state index contributed by atoms with van der Waals surface area (Å²) in [4.78, 5) is 34.7. The first-order valence-electron chi connectivity index (χ1n) is 21.2. The van der Waals surface area contributed by atoms with Crippen LogP contribution in [-0.2, 0) is 32.7 Å². The van der Waals surface area contributed by atoms with Gasteiger partial charge in [-0.25, -0.2) is 9.36 Å². The number of unbranched alkanes of at least 4 members (excludes halogenated alkanes) is 21. The van der Waals surface area contributed by atoms with E-state index >= 15 is 0 Å². The van der Waals surface area contributed by atoms with Crippen molar-refractivity contribution in [3.8, 4) is 0 Å². The average Bonchev–Trinajstić information content (AvgIpc) is 3.14. The molecule has 1 unspecified atom stereocenters. The van der Waals surface area contributed by atoms with Crippen molar-refractivity contribution in [1.29, 1.82) is 0 Å². The molecule has 0 fully saturated rings. The number of carbonyl (C=O) groups excluding carboxylic acids is 2. The van der Waals surface area contributed by atoms with E-state index in [1.807, 2.05) is 12.2 Å². The lowest BCUT2D eigenvalue weighted by Gasteiger charge is -2.19. The van der Waals surface area contributed by atoms with Crippen LogP contribution < -0.4 is 5.73 Å². The maximum atomic E-state index is 12.6. The molecule has 0 heterocycles. The zero-order valence-corrected chi connectivity index (χ0v) is 34.6. The number of phosphoric acid groups is 1. The Balaban J connectivity index is 4.28. The van der Waals surface area contributed by atoms with Gasteiger partial charge in [-0.2, -0.15) is 0 Å². The van der Waals surface area contributed by atoms with Crippen LogP contribution in [0.25, 0.3) is 0 Å². The molecule has 0 spiro atoms. The second kappa shape index (κ2) is 39.7. The predicted molar refractivity (Wildman–Crippen MR) is 220 cm³/mol. The number of nitrogens with two attached hydrogens (primary N) is 1. The van der Waals surface area contributed by atoms with Gasteiger partial charge in [-0.3, -0.25) is 13.8 Å². The Morgan fingerprint density at radius 2 is 1.11 bits per heavy atom. The monoisotopic (exact) mass is 768 g/mol. The lowest BCUT2D eigenvalue weighted by molar-refractivity contribution is -0.159. The lowest BCUT2D eigenvalue weighted by Crippen LogP contribution is -2.29. The third-order valence-corrected chi connectivity index (χ3v) is 9.78. The van der Waals surface area contributed by atoms with Crippen molar-refractivity contribution in [1.82, 2.24) is 0 Å². The van der Waals surface area contributed by atoms with Gasteiger partial charge in [-0.15, -0.1) is 0 Å². The summed E-state index contributed by atoms with van der Waals surface area (Å²) in [6.45, 7) is 3.56. The second-order valence-corrected chi connectivity index (χ2v) is 15.4. The van der Waals surface area contributed by atoms with E-state index in [0.717, 1.165) is 44.9 Å². The summed E-state index contributed by atoms with van der Waals surface area (Å²) >= 11 is 0. The van der Waals surface area contributed by atoms with Gasteiger partial charge >= 0.3 is 19.8 Å². The molecule has 0 radical (unpaired) electrons. The van der Waals surface area contributed by atoms with Crippen LogP contribution in [0.2, 0.25) is 0 Å². The zero-order valence-electron chi connectivity index (χ0n) is 33.7. The predicted octanol–water partition coefficient (Wildman–Crippen LogP) is 11.9. The Labute approximate surface area is 324 Å². The molecule has 0 bridgehead atoms. The summed E-state index contributed by atoms with van der Waals surface area (Å²) in [5.74, 6) is -1.09. The highest BCUT2D eigenvalue weighted by molar-refractivity contribution is 7.47. The van der Waals surface area contributed by atoms with Gasteiger partial charge in [0.1, 0.15) is 6.61 Å². The first-order chi connectivity index (χ1) is 25.8. The summed E-state index contributed by atoms with van der Waals surface area (Å²) in [5, 5.41) is 0. The van der Waals surface area contributed by atoms with Crippen molar-refractivity contribution in [2.75, 3.05) is 26.4 Å². The van der Waals surface area contributed by atoms with Crippen LogP contribution in [0.3, 0.4) is 0 Å². The molecule has 0 aromatic rings. The molecule has 9 nitrogen and oxygen atoms in total. The number of rotatable bonds is 39. The van der Waals surface area contributed by atoms with E-state index in [2.05, 4.69) is 38.2 Å². The summed E-state index contributed by atoms with van der Waals surface area (Å²) in [7, 11) is -4.40. The normalized spacial score (nSPS) is 13.8. The molecule has 0 aliphatic rings. The Hall–Kier alpha value is -2.03. The SMILES string of the molecule is CCCCC/C=C/C/C=C/CCCCCCCCCC(=O)O[C@H](COC(=O)/C=C/C=C/CCCCCCCCCCCCC)COP(=O)(O)OCCN. The van der Waals surface area contributed by atoms with E-state index < -0.39 is 32.5 Å². The first kappa shape index (κ1) is 51.0. The number of hydrogen-bond acceptors (Lipinski definition) is 8. The van der Waals surface area contributed by atoms with Gasteiger partial charge in [0.15, 0.2) is 6.10 Å². The summed E-state index contributed by atoms with van der Waals surface area (Å²) < 4.78 is 32.5. The van der Waals surface area contributed by atoms with Gasteiger partial charge < -0.3 is 20.1 Å². The zero-order chi connectivity index (χ0) is 38.9. The van der Waals surface area contributed by atoms with Crippen LogP contribution in [0, 0.1) is 0 Å². The molecule has 0 rings (SSSR count). The van der Waals surface area contributed by atoms with Crippen LogP contribution in [0.5, 0.6) is 0 Å². The van der Waals surface area contributed by atoms with Crippen molar-refractivity contribution < 1.29 is 37.6 Å². The van der Waals surface area contributed by atoms with Crippen LogP contribution >= 0.6 is 7.82 Å². The maximum absolute atomic E-state index is 12.6. The summed E-state index contributed by atoms with van der Waals surface area (Å²) in [6, 6.07) is 0. The van der Waals surface area contributed by atoms with E-state index in [1.54, 1.807) is 6.08 Å². The van der Waals surface area contributed by atoms with E-state index in [9.17, 15) is 19.0 Å². The van der Waals surface area contributed by atoms with E-state index in [4.69, 9.17) is 24.3 Å². The van der Waals surface area contributed by atoms with Gasteiger partial charge in [0.2, 0.25) is 0 Å². The third-order valence-electron chi connectivity index (χ3n) is 8.79. The number of phosphoric ester groups is 1. The van der Waals surface area contributed by atoms with Crippen molar-refractivity contribution >= 4 is 19.8 Å². The Bertz CT molecular complexity index is 1010. The van der Waals surface area contributed by atoms with Gasteiger partial charge in [0, 0.05) is 19.0 Å². The standard InChI is InChI=1S/C43H78NO8P/c1-3-5-7-9-11-13-15-17-19-20-22-24-26-28-30-32-34-36-43(46)52-41(40-51-53(47,48)50-38-37-44)39-49-42(45)35-33-31-29-27-25-23-21-18-16-14-12-10-8-6-4-2/h11,13,17,19,29,31,33,35,41H,3-10,12,14-16,18,20-28,30,32,34,36-40,44H2,1-2H3,(H,47,48)/b13-11+,19-17+,31-29+,35-33+/t41-/m1/s1. The summed E-state index contributed by atoms with van der Waals surface area (Å²) in [5.41, 5.74) is 5.33. The quantitative estimate of drug-likeness (QED) is 0.0156. The van der Waals surface area contributed by atoms with Crippen LogP contribution in [-0.4, -0.2) is 49.3 Å². The van der Waals surface area contributed by atoms with Crippen molar-refractivity contribution in [3.63, 3.8) is 0 Å². The Morgan fingerprint density at radius 1 is 0.623 bits per heavy atom. The molecule has 0 aromatic heterocycles. The fraction of sp³-hybridized carbons (Fsp3) is 0.767. The molecule has 0 aliphatic carbocycles. The average molecular weight is 768 g/mol. The highest BCUT2D eigenvalue weighted by Crippen LogP contribution is 2.43. The number of ether oxygens (including phenoxy) is 2. The summed E-state index contributed by atoms with van der Waals surface area (Å²) in [6.07, 6.45) is 44.8. The molecule has 0 saturated carbocycles.